The highest BCUT2D eigenvalue weighted by molar-refractivity contribution is 5.89. The maximum absolute atomic E-state index is 11.8. The summed E-state index contributed by atoms with van der Waals surface area (Å²) in [5, 5.41) is 11.1. The van der Waals surface area contributed by atoms with Gasteiger partial charge in [-0.25, -0.2) is 9.59 Å². The number of anilines is 1. The van der Waals surface area contributed by atoms with Gasteiger partial charge < -0.3 is 21.3 Å². The number of carbonyl (C=O) groups excluding carboxylic acids is 2. The summed E-state index contributed by atoms with van der Waals surface area (Å²) in [4.78, 5) is 27.5. The molecular formula is C19H25N5O2. The van der Waals surface area contributed by atoms with Gasteiger partial charge in [0.1, 0.15) is 0 Å². The molecule has 0 unspecified atom stereocenters. The molecule has 1 heterocycles. The smallest absolute Gasteiger partial charge is 0.319 e. The molecule has 0 aliphatic heterocycles. The van der Waals surface area contributed by atoms with Crippen molar-refractivity contribution in [3.05, 3.63) is 59.9 Å². The third kappa shape index (κ3) is 7.21. The third-order valence-electron chi connectivity index (χ3n) is 3.51. The lowest BCUT2D eigenvalue weighted by molar-refractivity contribution is 0.240. The second kappa shape index (κ2) is 10.0. The molecule has 0 bridgehead atoms. The summed E-state index contributed by atoms with van der Waals surface area (Å²) < 4.78 is 0. The highest BCUT2D eigenvalue weighted by atomic mass is 16.2. The number of hydrogen-bond acceptors (Lipinski definition) is 3. The van der Waals surface area contributed by atoms with Crippen LogP contribution in [0.2, 0.25) is 0 Å². The van der Waals surface area contributed by atoms with E-state index in [-0.39, 0.29) is 18.1 Å². The van der Waals surface area contributed by atoms with Crippen molar-refractivity contribution in [2.45, 2.75) is 32.9 Å². The van der Waals surface area contributed by atoms with Crippen molar-refractivity contribution < 1.29 is 9.59 Å². The van der Waals surface area contributed by atoms with Crippen LogP contribution in [-0.2, 0) is 13.0 Å². The molecule has 138 valence electrons. The van der Waals surface area contributed by atoms with E-state index in [1.165, 1.54) is 0 Å². The van der Waals surface area contributed by atoms with Gasteiger partial charge in [0.15, 0.2) is 0 Å². The predicted molar refractivity (Wildman–Crippen MR) is 102 cm³/mol. The van der Waals surface area contributed by atoms with Gasteiger partial charge in [-0.1, -0.05) is 18.2 Å². The Morgan fingerprint density at radius 1 is 1.00 bits per heavy atom. The van der Waals surface area contributed by atoms with Gasteiger partial charge in [-0.15, -0.1) is 0 Å². The number of nitrogens with one attached hydrogen (secondary N) is 4. The topological polar surface area (TPSA) is 95.2 Å². The first kappa shape index (κ1) is 19.2. The van der Waals surface area contributed by atoms with E-state index in [0.29, 0.717) is 18.8 Å². The van der Waals surface area contributed by atoms with Crippen LogP contribution in [0.25, 0.3) is 0 Å². The Morgan fingerprint density at radius 2 is 1.77 bits per heavy atom. The fourth-order valence-electron chi connectivity index (χ4n) is 2.25. The highest BCUT2D eigenvalue weighted by Gasteiger charge is 2.04. The number of urea groups is 2. The number of benzene rings is 1. The fraction of sp³-hybridized carbons (Fsp3) is 0.316. The van der Waals surface area contributed by atoms with Crippen LogP contribution < -0.4 is 21.3 Å². The summed E-state index contributed by atoms with van der Waals surface area (Å²) in [6.45, 7) is 4.76. The largest absolute Gasteiger partial charge is 0.338 e. The zero-order chi connectivity index (χ0) is 18.8. The molecule has 2 rings (SSSR count). The molecular weight excluding hydrogens is 330 g/mol. The SMILES string of the molecule is CC(C)NC(=O)Nc1ccc(CNC(=O)NCCc2cccnc2)cc1. The predicted octanol–water partition coefficient (Wildman–Crippen LogP) is 2.65. The Kier molecular flexibility index (Phi) is 7.42. The van der Waals surface area contributed by atoms with Gasteiger partial charge in [-0.05, 0) is 49.6 Å². The first-order valence-corrected chi connectivity index (χ1v) is 8.60. The molecule has 0 aliphatic carbocycles. The minimum Gasteiger partial charge on any atom is -0.338 e. The van der Waals surface area contributed by atoms with Crippen molar-refractivity contribution in [3.63, 3.8) is 0 Å². The first-order chi connectivity index (χ1) is 12.5. The quantitative estimate of drug-likeness (QED) is 0.615. The van der Waals surface area contributed by atoms with Crippen molar-refractivity contribution in [1.82, 2.24) is 20.9 Å². The second-order valence-corrected chi connectivity index (χ2v) is 6.17. The van der Waals surface area contributed by atoms with Crippen LogP contribution in [0.3, 0.4) is 0 Å². The second-order valence-electron chi connectivity index (χ2n) is 6.17. The lowest BCUT2D eigenvalue weighted by Crippen LogP contribution is -2.36. The van der Waals surface area contributed by atoms with Gasteiger partial charge in [0.25, 0.3) is 0 Å². The Labute approximate surface area is 153 Å². The maximum Gasteiger partial charge on any atom is 0.319 e. The summed E-state index contributed by atoms with van der Waals surface area (Å²) in [5.74, 6) is 0. The van der Waals surface area contributed by atoms with E-state index < -0.39 is 0 Å². The van der Waals surface area contributed by atoms with E-state index >= 15 is 0 Å². The van der Waals surface area contributed by atoms with Gasteiger partial charge in [0.2, 0.25) is 0 Å². The molecule has 7 heteroatoms. The minimum absolute atomic E-state index is 0.0788. The van der Waals surface area contributed by atoms with E-state index in [0.717, 1.165) is 17.5 Å². The molecule has 0 aliphatic rings. The number of nitrogens with zero attached hydrogens (tertiary/aromatic N) is 1. The standard InChI is InChI=1S/C19H25N5O2/c1-14(2)23-19(26)24-17-7-5-16(6-8-17)13-22-18(25)21-11-9-15-4-3-10-20-12-15/h3-8,10,12,14H,9,11,13H2,1-2H3,(H2,21,22,25)(H2,23,24,26). The molecule has 0 fully saturated rings. The van der Waals surface area contributed by atoms with Crippen LogP contribution in [0.15, 0.2) is 48.8 Å². The van der Waals surface area contributed by atoms with Gasteiger partial charge >= 0.3 is 12.1 Å². The number of rotatable bonds is 7. The molecule has 7 nitrogen and oxygen atoms in total. The van der Waals surface area contributed by atoms with E-state index in [4.69, 9.17) is 0 Å². The van der Waals surface area contributed by atoms with Crippen LogP contribution in [0.5, 0.6) is 0 Å². The van der Waals surface area contributed by atoms with Crippen molar-refractivity contribution in [2.75, 3.05) is 11.9 Å². The first-order valence-electron chi connectivity index (χ1n) is 8.60. The van der Waals surface area contributed by atoms with Crippen molar-refractivity contribution in [1.29, 1.82) is 0 Å². The lowest BCUT2D eigenvalue weighted by atomic mass is 10.2. The zero-order valence-electron chi connectivity index (χ0n) is 15.1. The molecule has 0 atom stereocenters. The Morgan fingerprint density at radius 3 is 2.42 bits per heavy atom. The summed E-state index contributed by atoms with van der Waals surface area (Å²) in [7, 11) is 0. The Bertz CT molecular complexity index is 702. The third-order valence-corrected chi connectivity index (χ3v) is 3.51. The summed E-state index contributed by atoms with van der Waals surface area (Å²) in [6, 6.07) is 10.8. The molecule has 1 aromatic carbocycles. The van der Waals surface area contributed by atoms with Crippen molar-refractivity contribution in [2.24, 2.45) is 0 Å². The van der Waals surface area contributed by atoms with Crippen molar-refractivity contribution in [3.8, 4) is 0 Å². The number of amides is 4. The number of hydrogen-bond donors (Lipinski definition) is 4. The van der Waals surface area contributed by atoms with Crippen LogP contribution in [0.1, 0.15) is 25.0 Å². The van der Waals surface area contributed by atoms with Crippen LogP contribution in [0.4, 0.5) is 15.3 Å². The molecule has 0 saturated carbocycles. The van der Waals surface area contributed by atoms with Crippen LogP contribution in [0, 0.1) is 0 Å². The molecule has 4 N–H and O–H groups in total. The summed E-state index contributed by atoms with van der Waals surface area (Å²) in [6.07, 6.45) is 4.25. The number of carbonyl (C=O) groups is 2. The average molecular weight is 355 g/mol. The minimum atomic E-state index is -0.237. The maximum atomic E-state index is 11.8. The molecule has 1 aromatic heterocycles. The molecule has 0 spiro atoms. The molecule has 4 amide bonds. The van der Waals surface area contributed by atoms with E-state index in [2.05, 4.69) is 26.3 Å². The van der Waals surface area contributed by atoms with Gasteiger partial charge in [0, 0.05) is 37.2 Å². The van der Waals surface area contributed by atoms with E-state index in [9.17, 15) is 9.59 Å². The monoisotopic (exact) mass is 355 g/mol. The highest BCUT2D eigenvalue weighted by Crippen LogP contribution is 2.09. The fourth-order valence-corrected chi connectivity index (χ4v) is 2.25. The number of aromatic nitrogens is 1. The normalized spacial score (nSPS) is 10.3. The summed E-state index contributed by atoms with van der Waals surface area (Å²) in [5.41, 5.74) is 2.73. The Hall–Kier alpha value is -3.09. The summed E-state index contributed by atoms with van der Waals surface area (Å²) >= 11 is 0. The average Bonchev–Trinajstić information content (AvgIpc) is 2.61. The van der Waals surface area contributed by atoms with E-state index in [1.807, 2.05) is 38.1 Å². The van der Waals surface area contributed by atoms with Gasteiger partial charge in [0.05, 0.1) is 0 Å². The van der Waals surface area contributed by atoms with E-state index in [1.54, 1.807) is 24.5 Å². The van der Waals surface area contributed by atoms with Crippen LogP contribution in [-0.4, -0.2) is 29.6 Å². The van der Waals surface area contributed by atoms with Crippen LogP contribution >= 0.6 is 0 Å². The Balaban J connectivity index is 1.68. The zero-order valence-corrected chi connectivity index (χ0v) is 15.1. The van der Waals surface area contributed by atoms with Gasteiger partial charge in [-0.3, -0.25) is 4.98 Å². The molecule has 2 aromatic rings. The van der Waals surface area contributed by atoms with Gasteiger partial charge in [-0.2, -0.15) is 0 Å². The molecule has 26 heavy (non-hydrogen) atoms. The number of pyridine rings is 1. The molecule has 0 radical (unpaired) electrons. The molecule has 0 saturated heterocycles. The van der Waals surface area contributed by atoms with Crippen molar-refractivity contribution >= 4 is 17.7 Å². The lowest BCUT2D eigenvalue weighted by Gasteiger charge is -2.11.